The molecule has 3 saturated heterocycles. The van der Waals surface area contributed by atoms with Crippen LogP contribution in [0, 0.1) is 5.92 Å². The minimum atomic E-state index is -1.16. The minimum absolute atomic E-state index is 0.229. The molecule has 4 rings (SSSR count). The maximum atomic E-state index is 10.6. The van der Waals surface area contributed by atoms with E-state index in [0.717, 1.165) is 19.3 Å². The van der Waals surface area contributed by atoms with Gasteiger partial charge in [0.25, 0.3) is 0 Å². The van der Waals surface area contributed by atoms with Crippen molar-refractivity contribution >= 4 is 0 Å². The average Bonchev–Trinajstić information content (AvgIpc) is 2.19. The molecule has 1 saturated carbocycles. The Hall–Kier alpha value is -0.160. The maximum absolute atomic E-state index is 10.6. The summed E-state index contributed by atoms with van der Waals surface area (Å²) in [5.74, 6) is 0.354. The lowest BCUT2D eigenvalue weighted by Crippen LogP contribution is -2.74. The molecule has 3 aliphatic heterocycles. The predicted molar refractivity (Wildman–Crippen MR) is 52.1 cm³/mol. The summed E-state index contributed by atoms with van der Waals surface area (Å²) in [4.78, 5) is 0. The van der Waals surface area contributed by atoms with E-state index in [-0.39, 0.29) is 18.5 Å². The zero-order valence-corrected chi connectivity index (χ0v) is 8.93. The van der Waals surface area contributed by atoms with Gasteiger partial charge in [-0.05, 0) is 18.8 Å². The molecule has 6 atom stereocenters. The van der Waals surface area contributed by atoms with Gasteiger partial charge in [0.2, 0.25) is 0 Å². The second-order valence-electron chi connectivity index (χ2n) is 5.00. The number of hydrogen-bond donors (Lipinski definition) is 2. The van der Waals surface area contributed by atoms with Crippen molar-refractivity contribution in [1.29, 1.82) is 0 Å². The normalized spacial score (nSPS) is 58.2. The van der Waals surface area contributed by atoms with Crippen LogP contribution < -0.4 is 0 Å². The van der Waals surface area contributed by atoms with Gasteiger partial charge in [-0.3, -0.25) is 0 Å². The molecule has 86 valence electrons. The molecule has 4 fully saturated rings. The quantitative estimate of drug-likeness (QED) is 0.664. The van der Waals surface area contributed by atoms with Gasteiger partial charge in [-0.15, -0.1) is 0 Å². The Kier molecular flexibility index (Phi) is 2.12. The Labute approximate surface area is 89.2 Å². The molecule has 0 aromatic heterocycles. The van der Waals surface area contributed by atoms with E-state index in [2.05, 4.69) is 6.92 Å². The average molecular weight is 214 g/mol. The number of aliphatic hydroxyl groups is 2. The van der Waals surface area contributed by atoms with Gasteiger partial charge in [-0.2, -0.15) is 0 Å². The van der Waals surface area contributed by atoms with Gasteiger partial charge in [-0.25, -0.2) is 0 Å². The predicted octanol–water partition coefficient (Wildman–Crippen LogP) is 0.412. The topological polar surface area (TPSA) is 58.9 Å². The van der Waals surface area contributed by atoms with E-state index in [0.29, 0.717) is 12.3 Å². The molecule has 1 aliphatic carbocycles. The van der Waals surface area contributed by atoms with Crippen molar-refractivity contribution < 1.29 is 19.7 Å². The molecule has 4 nitrogen and oxygen atoms in total. The van der Waals surface area contributed by atoms with Crippen LogP contribution in [0.5, 0.6) is 0 Å². The van der Waals surface area contributed by atoms with Crippen molar-refractivity contribution in [3.8, 4) is 0 Å². The summed E-state index contributed by atoms with van der Waals surface area (Å²) >= 11 is 0. The van der Waals surface area contributed by atoms with Crippen LogP contribution in [0.4, 0.5) is 0 Å². The zero-order chi connectivity index (χ0) is 10.6. The summed E-state index contributed by atoms with van der Waals surface area (Å²) in [6.07, 6.45) is 1.79. The third-order valence-corrected chi connectivity index (χ3v) is 4.29. The van der Waals surface area contributed by atoms with Gasteiger partial charge in [0, 0.05) is 6.42 Å². The Bertz CT molecular complexity index is 269. The summed E-state index contributed by atoms with van der Waals surface area (Å²) in [6, 6.07) is 0. The summed E-state index contributed by atoms with van der Waals surface area (Å²) in [7, 11) is 0. The summed E-state index contributed by atoms with van der Waals surface area (Å²) < 4.78 is 11.3. The molecule has 3 heterocycles. The molecular weight excluding hydrogens is 196 g/mol. The molecule has 0 amide bonds. The number of hydrogen-bond acceptors (Lipinski definition) is 4. The smallest absolute Gasteiger partial charge is 0.161 e. The Morgan fingerprint density at radius 1 is 1.33 bits per heavy atom. The molecule has 4 aliphatic rings. The lowest BCUT2D eigenvalue weighted by Gasteiger charge is -2.60. The molecule has 6 unspecified atom stereocenters. The van der Waals surface area contributed by atoms with Crippen LogP contribution in [0.3, 0.4) is 0 Å². The van der Waals surface area contributed by atoms with Crippen molar-refractivity contribution in [3.63, 3.8) is 0 Å². The highest BCUT2D eigenvalue weighted by molar-refractivity contribution is 5.11. The molecule has 0 aromatic carbocycles. The highest BCUT2D eigenvalue weighted by Crippen LogP contribution is 2.49. The fraction of sp³-hybridized carbons (Fsp3) is 1.00. The highest BCUT2D eigenvalue weighted by Gasteiger charge is 2.63. The van der Waals surface area contributed by atoms with Crippen LogP contribution in [0.1, 0.15) is 32.6 Å². The fourth-order valence-electron chi connectivity index (χ4n) is 3.39. The molecular formula is C11H18O4. The van der Waals surface area contributed by atoms with Crippen molar-refractivity contribution in [1.82, 2.24) is 0 Å². The van der Waals surface area contributed by atoms with Crippen LogP contribution in [-0.2, 0) is 9.47 Å². The van der Waals surface area contributed by atoms with E-state index in [9.17, 15) is 10.2 Å². The van der Waals surface area contributed by atoms with E-state index in [1.807, 2.05) is 0 Å². The first-order valence-corrected chi connectivity index (χ1v) is 5.87. The van der Waals surface area contributed by atoms with Crippen LogP contribution >= 0.6 is 0 Å². The maximum Gasteiger partial charge on any atom is 0.161 e. The van der Waals surface area contributed by atoms with Crippen LogP contribution in [0.25, 0.3) is 0 Å². The van der Waals surface area contributed by atoms with Gasteiger partial charge in [0.1, 0.15) is 5.60 Å². The van der Waals surface area contributed by atoms with Crippen molar-refractivity contribution in [2.45, 2.75) is 62.8 Å². The standard InChI is InChI=1S/C11H18O4/c1-2-6-3-4-8-11(13)7(12)5-9(14-8)15-10(6)11/h6-10,12-13H,2-5H2,1H3. The number of fused-ring (bicyclic) bond motifs is 1. The summed E-state index contributed by atoms with van der Waals surface area (Å²) in [5, 5.41) is 20.5. The Balaban J connectivity index is 1.96. The first kappa shape index (κ1) is 10.0. The van der Waals surface area contributed by atoms with Gasteiger partial charge in [0.05, 0.1) is 18.3 Å². The van der Waals surface area contributed by atoms with Crippen LogP contribution in [0.15, 0.2) is 0 Å². The third kappa shape index (κ3) is 1.16. The largest absolute Gasteiger partial charge is 0.390 e. The fourth-order valence-corrected chi connectivity index (χ4v) is 3.39. The number of aliphatic hydroxyl groups excluding tert-OH is 1. The van der Waals surface area contributed by atoms with E-state index in [4.69, 9.17) is 9.47 Å². The monoisotopic (exact) mass is 214 g/mol. The van der Waals surface area contributed by atoms with Crippen molar-refractivity contribution in [2.75, 3.05) is 0 Å². The molecule has 15 heavy (non-hydrogen) atoms. The molecule has 4 heteroatoms. The Morgan fingerprint density at radius 2 is 2.13 bits per heavy atom. The lowest BCUT2D eigenvalue weighted by molar-refractivity contribution is -0.404. The summed E-state index contributed by atoms with van der Waals surface area (Å²) in [5.41, 5.74) is -1.16. The molecule has 2 N–H and O–H groups in total. The minimum Gasteiger partial charge on any atom is -0.390 e. The third-order valence-electron chi connectivity index (χ3n) is 4.29. The van der Waals surface area contributed by atoms with E-state index < -0.39 is 11.7 Å². The van der Waals surface area contributed by atoms with Crippen molar-refractivity contribution in [3.05, 3.63) is 0 Å². The van der Waals surface area contributed by atoms with Gasteiger partial charge in [-0.1, -0.05) is 13.3 Å². The van der Waals surface area contributed by atoms with E-state index in [1.54, 1.807) is 0 Å². The van der Waals surface area contributed by atoms with Crippen molar-refractivity contribution in [2.24, 2.45) is 5.92 Å². The second-order valence-corrected chi connectivity index (χ2v) is 5.00. The van der Waals surface area contributed by atoms with Gasteiger partial charge < -0.3 is 19.7 Å². The number of ether oxygens (including phenoxy) is 2. The SMILES string of the molecule is CCC1CCC2OC3CC(O)C2(O)C1O3. The summed E-state index contributed by atoms with van der Waals surface area (Å²) in [6.45, 7) is 2.10. The van der Waals surface area contributed by atoms with Crippen LogP contribution in [-0.4, -0.2) is 40.4 Å². The van der Waals surface area contributed by atoms with Gasteiger partial charge in [0.15, 0.2) is 6.29 Å². The first-order valence-electron chi connectivity index (χ1n) is 5.87. The first-order chi connectivity index (χ1) is 7.16. The Morgan fingerprint density at radius 3 is 2.87 bits per heavy atom. The van der Waals surface area contributed by atoms with E-state index in [1.165, 1.54) is 0 Å². The molecule has 0 radical (unpaired) electrons. The molecule has 0 spiro atoms. The van der Waals surface area contributed by atoms with Crippen LogP contribution in [0.2, 0.25) is 0 Å². The number of rotatable bonds is 1. The molecule has 0 aromatic rings. The lowest BCUT2D eigenvalue weighted by atomic mass is 9.66. The molecule has 4 bridgehead atoms. The highest BCUT2D eigenvalue weighted by atomic mass is 16.7. The second kappa shape index (κ2) is 3.17. The van der Waals surface area contributed by atoms with E-state index >= 15 is 0 Å². The van der Waals surface area contributed by atoms with Gasteiger partial charge >= 0.3 is 0 Å². The zero-order valence-electron chi connectivity index (χ0n) is 8.93.